The Morgan fingerprint density at radius 1 is 0.704 bits per heavy atom. The molecule has 2 aliphatic rings. The molecular formula is C26H26Ti. The quantitative estimate of drug-likeness (QED) is 0.411. The Kier molecular flexibility index (Phi) is 3.64. The fourth-order valence-electron chi connectivity index (χ4n) is 5.71. The Hall–Kier alpha value is -2.02. The van der Waals surface area contributed by atoms with E-state index in [2.05, 4.69) is 107 Å². The van der Waals surface area contributed by atoms with Crippen LogP contribution in [0.5, 0.6) is 0 Å². The molecule has 1 heteroatoms. The van der Waals surface area contributed by atoms with E-state index in [4.69, 9.17) is 0 Å². The van der Waals surface area contributed by atoms with Gasteiger partial charge in [0.25, 0.3) is 0 Å². The molecule has 3 aromatic rings. The van der Waals surface area contributed by atoms with Crippen LogP contribution in [0, 0.1) is 0 Å². The van der Waals surface area contributed by atoms with Gasteiger partial charge < -0.3 is 0 Å². The molecule has 27 heavy (non-hydrogen) atoms. The molecule has 134 valence electrons. The SMILES string of the molecule is C[CH]=[Ti]([CH3])([CH3])([CH]1C=Cc2ccccc21)[CH]1c2ccccc2-c2ccccc21. The number of benzene rings is 3. The summed E-state index contributed by atoms with van der Waals surface area (Å²) in [6.45, 7) is 2.33. The van der Waals surface area contributed by atoms with Crippen LogP contribution in [0.2, 0.25) is 10.5 Å². The third kappa shape index (κ3) is 2.24. The zero-order valence-electron chi connectivity index (χ0n) is 16.3. The molecule has 0 saturated heterocycles. The van der Waals surface area contributed by atoms with E-state index in [0.717, 1.165) is 0 Å². The van der Waals surface area contributed by atoms with Crippen LogP contribution in [0.15, 0.2) is 78.9 Å². The summed E-state index contributed by atoms with van der Waals surface area (Å²) in [7, 11) is 0. The number of rotatable bonds is 2. The predicted octanol–water partition coefficient (Wildman–Crippen LogP) is 7.13. The summed E-state index contributed by atoms with van der Waals surface area (Å²) in [4.78, 5) is 0. The fourth-order valence-corrected chi connectivity index (χ4v) is 14.2. The van der Waals surface area contributed by atoms with Gasteiger partial charge in [-0.1, -0.05) is 0 Å². The second kappa shape index (κ2) is 5.74. The summed E-state index contributed by atoms with van der Waals surface area (Å²) in [5.74, 6) is 0. The molecule has 0 aliphatic heterocycles. The monoisotopic (exact) mass is 386 g/mol. The molecule has 0 fully saturated rings. The number of fused-ring (bicyclic) bond motifs is 4. The Balaban J connectivity index is 1.82. The molecule has 3 aromatic carbocycles. The normalized spacial score (nSPS) is 18.1. The fraction of sp³-hybridized carbons (Fsp3) is 0.192. The Bertz CT molecular complexity index is 1110. The van der Waals surface area contributed by atoms with Crippen molar-refractivity contribution < 1.29 is 14.8 Å². The van der Waals surface area contributed by atoms with Gasteiger partial charge in [-0.25, -0.2) is 0 Å². The zero-order valence-corrected chi connectivity index (χ0v) is 17.9. The zero-order chi connectivity index (χ0) is 18.7. The third-order valence-corrected chi connectivity index (χ3v) is 17.9. The van der Waals surface area contributed by atoms with E-state index < -0.39 is 14.8 Å². The van der Waals surface area contributed by atoms with Gasteiger partial charge in [0.15, 0.2) is 0 Å². The predicted molar refractivity (Wildman–Crippen MR) is 115 cm³/mol. The average Bonchev–Trinajstić information content (AvgIpc) is 3.29. The summed E-state index contributed by atoms with van der Waals surface area (Å²) in [5, 5.41) is 5.30. The first-order valence-corrected chi connectivity index (χ1v) is 15.8. The second-order valence-corrected chi connectivity index (χ2v) is 20.4. The number of allylic oxidation sites excluding steroid dienone is 1. The minimum atomic E-state index is -3.20. The van der Waals surface area contributed by atoms with Crippen molar-refractivity contribution in [2.75, 3.05) is 0 Å². The van der Waals surface area contributed by atoms with Gasteiger partial charge in [-0.2, -0.15) is 0 Å². The van der Waals surface area contributed by atoms with Crippen LogP contribution in [0.1, 0.15) is 37.6 Å². The summed E-state index contributed by atoms with van der Waals surface area (Å²) in [6.07, 6.45) is 4.86. The Morgan fingerprint density at radius 3 is 1.81 bits per heavy atom. The van der Waals surface area contributed by atoms with E-state index >= 15 is 0 Å². The van der Waals surface area contributed by atoms with Gasteiger partial charge in [0.05, 0.1) is 0 Å². The van der Waals surface area contributed by atoms with Crippen molar-refractivity contribution in [1.82, 2.24) is 0 Å². The molecule has 0 heterocycles. The van der Waals surface area contributed by atoms with Crippen LogP contribution in [-0.2, 0) is 14.8 Å². The molecule has 5 rings (SSSR count). The van der Waals surface area contributed by atoms with Crippen LogP contribution in [0.3, 0.4) is 0 Å². The average molecular weight is 386 g/mol. The van der Waals surface area contributed by atoms with Crippen LogP contribution >= 0.6 is 0 Å². The molecular weight excluding hydrogens is 360 g/mol. The summed E-state index contributed by atoms with van der Waals surface area (Å²) in [5.41, 5.74) is 8.89. The minimum absolute atomic E-state index is 0.514. The van der Waals surface area contributed by atoms with Crippen LogP contribution in [0.4, 0.5) is 0 Å². The van der Waals surface area contributed by atoms with E-state index in [1.165, 1.54) is 33.4 Å². The molecule has 0 spiro atoms. The molecule has 2 aliphatic carbocycles. The van der Waals surface area contributed by atoms with Gasteiger partial charge in [-0.15, -0.1) is 0 Å². The van der Waals surface area contributed by atoms with E-state index in [0.29, 0.717) is 8.45 Å². The molecule has 0 nitrogen and oxygen atoms in total. The Morgan fingerprint density at radius 2 is 1.22 bits per heavy atom. The van der Waals surface area contributed by atoms with Crippen molar-refractivity contribution in [2.24, 2.45) is 0 Å². The standard InChI is InChI=1S/C13H9.C9H7.C2H4.2CH3.Ti/c1-3-7-12-10(5-1)9-11-6-2-4-8-13(11)12;1-2-5-9-7-3-6-8(9)4-1;1-2;;;/h1-9H;1-7H;1H,2H3;2*1H3;. The van der Waals surface area contributed by atoms with Gasteiger partial charge in [-0.3, -0.25) is 0 Å². The van der Waals surface area contributed by atoms with Crippen molar-refractivity contribution >= 4 is 10.4 Å². The van der Waals surface area contributed by atoms with E-state index in [1.807, 2.05) is 0 Å². The first kappa shape index (κ1) is 17.1. The van der Waals surface area contributed by atoms with E-state index in [-0.39, 0.29) is 0 Å². The van der Waals surface area contributed by atoms with Crippen molar-refractivity contribution in [3.05, 3.63) is 101 Å². The van der Waals surface area contributed by atoms with E-state index in [1.54, 1.807) is 0 Å². The van der Waals surface area contributed by atoms with Gasteiger partial charge >= 0.3 is 163 Å². The maximum absolute atomic E-state index is 3.20. The molecule has 0 bridgehead atoms. The molecule has 0 aromatic heterocycles. The van der Waals surface area contributed by atoms with Gasteiger partial charge in [0, 0.05) is 0 Å². The van der Waals surface area contributed by atoms with Crippen LogP contribution < -0.4 is 0 Å². The number of hydrogen-bond acceptors (Lipinski definition) is 0. The molecule has 0 radical (unpaired) electrons. The molecule has 1 atom stereocenters. The summed E-state index contributed by atoms with van der Waals surface area (Å²) < 4.78 is 3.70. The van der Waals surface area contributed by atoms with E-state index in [9.17, 15) is 0 Å². The third-order valence-electron chi connectivity index (χ3n) is 7.44. The molecule has 0 N–H and O–H groups in total. The molecule has 0 saturated carbocycles. The maximum atomic E-state index is 2.65. The second-order valence-electron chi connectivity index (χ2n) is 9.09. The van der Waals surface area contributed by atoms with Crippen molar-refractivity contribution in [3.63, 3.8) is 0 Å². The van der Waals surface area contributed by atoms with Gasteiger partial charge in [-0.05, 0) is 0 Å². The first-order valence-electron chi connectivity index (χ1n) is 10.00. The van der Waals surface area contributed by atoms with Gasteiger partial charge in [0.2, 0.25) is 0 Å². The number of hydrogen-bond donors (Lipinski definition) is 0. The topological polar surface area (TPSA) is 0 Å². The summed E-state index contributed by atoms with van der Waals surface area (Å²) in [6, 6.07) is 27.2. The van der Waals surface area contributed by atoms with Gasteiger partial charge in [0.1, 0.15) is 0 Å². The van der Waals surface area contributed by atoms with Crippen molar-refractivity contribution in [3.8, 4) is 11.1 Å². The van der Waals surface area contributed by atoms with Crippen molar-refractivity contribution in [1.29, 1.82) is 0 Å². The Labute approximate surface area is 163 Å². The van der Waals surface area contributed by atoms with Crippen LogP contribution in [0.25, 0.3) is 17.2 Å². The summed E-state index contributed by atoms with van der Waals surface area (Å²) >= 11 is -3.20. The molecule has 1 unspecified atom stereocenters. The van der Waals surface area contributed by atoms with Crippen molar-refractivity contribution in [2.45, 2.75) is 25.8 Å². The van der Waals surface area contributed by atoms with Crippen LogP contribution in [-0.4, -0.2) is 4.31 Å². The first-order chi connectivity index (χ1) is 13.0. The molecule has 0 amide bonds.